The molecule has 7 heteroatoms. The van der Waals surface area contributed by atoms with E-state index in [4.69, 9.17) is 0 Å². The summed E-state index contributed by atoms with van der Waals surface area (Å²) in [7, 11) is 1.52. The summed E-state index contributed by atoms with van der Waals surface area (Å²) in [5.41, 5.74) is 0.342. The van der Waals surface area contributed by atoms with Crippen LogP contribution in [-0.4, -0.2) is 32.2 Å². The molecule has 1 aliphatic heterocycles. The molecule has 0 aliphatic carbocycles. The Balaban J connectivity index is 2.18. The van der Waals surface area contributed by atoms with Crippen molar-refractivity contribution in [3.63, 3.8) is 0 Å². The van der Waals surface area contributed by atoms with E-state index >= 15 is 0 Å². The van der Waals surface area contributed by atoms with Crippen molar-refractivity contribution in [2.45, 2.75) is 39.2 Å². The first-order chi connectivity index (χ1) is 10.5. The van der Waals surface area contributed by atoms with Crippen molar-refractivity contribution in [3.8, 4) is 0 Å². The van der Waals surface area contributed by atoms with Gasteiger partial charge in [-0.25, -0.2) is 9.78 Å². The van der Waals surface area contributed by atoms with Crippen LogP contribution in [0.5, 0.6) is 0 Å². The molecule has 2 aromatic rings. The zero-order valence-corrected chi connectivity index (χ0v) is 13.3. The van der Waals surface area contributed by atoms with Crippen LogP contribution < -0.4 is 16.6 Å². The van der Waals surface area contributed by atoms with Gasteiger partial charge in [-0.05, 0) is 31.8 Å². The number of rotatable bonds is 3. The molecule has 0 radical (unpaired) electrons. The van der Waals surface area contributed by atoms with Crippen LogP contribution in [0.4, 0.5) is 0 Å². The molecular formula is C15H23N5O2. The number of aromatic amines is 1. The van der Waals surface area contributed by atoms with Crippen molar-refractivity contribution in [1.82, 2.24) is 24.4 Å². The Hall–Kier alpha value is -1.89. The molecule has 0 atom stereocenters. The van der Waals surface area contributed by atoms with E-state index in [1.165, 1.54) is 7.05 Å². The minimum Gasteiger partial charge on any atom is -0.336 e. The lowest BCUT2D eigenvalue weighted by Gasteiger charge is -2.20. The van der Waals surface area contributed by atoms with Crippen molar-refractivity contribution in [1.29, 1.82) is 0 Å². The number of fused-ring (bicyclic) bond motifs is 1. The fraction of sp³-hybridized carbons (Fsp3) is 0.667. The van der Waals surface area contributed by atoms with Crippen LogP contribution in [0.15, 0.2) is 9.59 Å². The van der Waals surface area contributed by atoms with Crippen molar-refractivity contribution < 1.29 is 0 Å². The Morgan fingerprint density at radius 3 is 2.59 bits per heavy atom. The predicted octanol–water partition coefficient (Wildman–Crippen LogP) is 0.546. The summed E-state index contributed by atoms with van der Waals surface area (Å²) in [6.07, 6.45) is 1.99. The first-order valence-corrected chi connectivity index (χ1v) is 7.89. The van der Waals surface area contributed by atoms with Gasteiger partial charge in [0.25, 0.3) is 5.56 Å². The van der Waals surface area contributed by atoms with Crippen molar-refractivity contribution in [2.75, 3.05) is 13.1 Å². The van der Waals surface area contributed by atoms with Crippen LogP contribution >= 0.6 is 0 Å². The Kier molecular flexibility index (Phi) is 3.90. The highest BCUT2D eigenvalue weighted by atomic mass is 16.2. The van der Waals surface area contributed by atoms with Crippen molar-refractivity contribution >= 4 is 11.2 Å². The van der Waals surface area contributed by atoms with E-state index in [1.807, 2.05) is 13.8 Å². The molecule has 3 rings (SSSR count). The van der Waals surface area contributed by atoms with Gasteiger partial charge in [0.05, 0.1) is 0 Å². The van der Waals surface area contributed by atoms with Gasteiger partial charge >= 0.3 is 5.69 Å². The van der Waals surface area contributed by atoms with Gasteiger partial charge < -0.3 is 10.3 Å². The largest absolute Gasteiger partial charge is 0.336 e. The number of aromatic nitrogens is 4. The lowest BCUT2D eigenvalue weighted by molar-refractivity contribution is 0.447. The fourth-order valence-corrected chi connectivity index (χ4v) is 3.07. The van der Waals surface area contributed by atoms with Gasteiger partial charge in [0.2, 0.25) is 0 Å². The summed E-state index contributed by atoms with van der Waals surface area (Å²) in [5.74, 6) is 1.45. The van der Waals surface area contributed by atoms with Crippen molar-refractivity contribution in [3.05, 3.63) is 26.7 Å². The third-order valence-corrected chi connectivity index (χ3v) is 4.27. The van der Waals surface area contributed by atoms with Crippen LogP contribution in [0.2, 0.25) is 0 Å². The zero-order chi connectivity index (χ0) is 15.9. The van der Waals surface area contributed by atoms with Gasteiger partial charge in [0.1, 0.15) is 11.3 Å². The summed E-state index contributed by atoms with van der Waals surface area (Å²) >= 11 is 0. The van der Waals surface area contributed by atoms with Gasteiger partial charge in [-0.3, -0.25) is 13.9 Å². The molecule has 0 bridgehead atoms. The van der Waals surface area contributed by atoms with E-state index in [-0.39, 0.29) is 11.2 Å². The molecule has 2 aromatic heterocycles. The van der Waals surface area contributed by atoms with Crippen LogP contribution in [0, 0.1) is 5.92 Å². The number of hydrogen-bond donors (Lipinski definition) is 2. The fourth-order valence-electron chi connectivity index (χ4n) is 3.07. The second kappa shape index (κ2) is 5.72. The predicted molar refractivity (Wildman–Crippen MR) is 85.3 cm³/mol. The lowest BCUT2D eigenvalue weighted by Crippen LogP contribution is -2.38. The third kappa shape index (κ3) is 2.49. The quantitative estimate of drug-likeness (QED) is 0.867. The average Bonchev–Trinajstić information content (AvgIpc) is 2.95. The van der Waals surface area contributed by atoms with E-state index in [1.54, 1.807) is 4.57 Å². The maximum atomic E-state index is 12.4. The van der Waals surface area contributed by atoms with Crippen LogP contribution in [-0.2, 0) is 13.6 Å². The number of piperidine rings is 1. The van der Waals surface area contributed by atoms with E-state index in [0.29, 0.717) is 29.5 Å². The zero-order valence-electron chi connectivity index (χ0n) is 13.3. The number of imidazole rings is 1. The van der Waals surface area contributed by atoms with E-state index in [9.17, 15) is 9.59 Å². The van der Waals surface area contributed by atoms with Gasteiger partial charge in [-0.15, -0.1) is 0 Å². The van der Waals surface area contributed by atoms with E-state index < -0.39 is 0 Å². The smallest absolute Gasteiger partial charge is 0.332 e. The second-order valence-corrected chi connectivity index (χ2v) is 6.50. The Morgan fingerprint density at radius 1 is 1.27 bits per heavy atom. The molecular weight excluding hydrogens is 282 g/mol. The third-order valence-electron chi connectivity index (χ3n) is 4.27. The maximum absolute atomic E-state index is 12.4. The Bertz CT molecular complexity index is 793. The molecule has 120 valence electrons. The number of hydrogen-bond acceptors (Lipinski definition) is 4. The first-order valence-electron chi connectivity index (χ1n) is 7.89. The summed E-state index contributed by atoms with van der Waals surface area (Å²) < 4.78 is 2.78. The summed E-state index contributed by atoms with van der Waals surface area (Å²) in [4.78, 5) is 32.5. The number of nitrogens with zero attached hydrogens (tertiary/aromatic N) is 3. The SMILES string of the molecule is CC(C)Cn1c(=O)n(C)c(=O)c2[nH]c(C3CCNCC3)nc21. The molecule has 1 aliphatic rings. The van der Waals surface area contributed by atoms with E-state index in [0.717, 1.165) is 36.3 Å². The molecule has 0 amide bonds. The average molecular weight is 305 g/mol. The molecule has 7 nitrogen and oxygen atoms in total. The Labute approximate surface area is 128 Å². The highest BCUT2D eigenvalue weighted by molar-refractivity contribution is 5.70. The van der Waals surface area contributed by atoms with Gasteiger partial charge in [0, 0.05) is 19.5 Å². The van der Waals surface area contributed by atoms with Crippen LogP contribution in [0.25, 0.3) is 11.2 Å². The lowest BCUT2D eigenvalue weighted by atomic mass is 9.98. The molecule has 1 fully saturated rings. The second-order valence-electron chi connectivity index (χ2n) is 6.50. The monoisotopic (exact) mass is 305 g/mol. The van der Waals surface area contributed by atoms with Crippen molar-refractivity contribution in [2.24, 2.45) is 13.0 Å². The van der Waals surface area contributed by atoms with Gasteiger partial charge in [0.15, 0.2) is 5.65 Å². The molecule has 0 aromatic carbocycles. The molecule has 0 spiro atoms. The molecule has 1 saturated heterocycles. The van der Waals surface area contributed by atoms with Gasteiger partial charge in [-0.1, -0.05) is 13.8 Å². The maximum Gasteiger partial charge on any atom is 0.332 e. The molecule has 2 N–H and O–H groups in total. The highest BCUT2D eigenvalue weighted by Gasteiger charge is 2.22. The number of H-pyrrole nitrogens is 1. The van der Waals surface area contributed by atoms with E-state index in [2.05, 4.69) is 15.3 Å². The van der Waals surface area contributed by atoms with Crippen LogP contribution in [0.1, 0.15) is 38.4 Å². The highest BCUT2D eigenvalue weighted by Crippen LogP contribution is 2.23. The molecule has 3 heterocycles. The summed E-state index contributed by atoms with van der Waals surface area (Å²) in [6.45, 7) is 6.56. The minimum atomic E-state index is -0.298. The Morgan fingerprint density at radius 2 is 1.95 bits per heavy atom. The van der Waals surface area contributed by atoms with Crippen LogP contribution in [0.3, 0.4) is 0 Å². The number of nitrogens with one attached hydrogen (secondary N) is 2. The molecule has 0 saturated carbocycles. The normalized spacial score (nSPS) is 16.7. The summed E-state index contributed by atoms with van der Waals surface area (Å²) in [6, 6.07) is 0. The molecule has 22 heavy (non-hydrogen) atoms. The summed E-state index contributed by atoms with van der Waals surface area (Å²) in [5, 5.41) is 3.32. The first kappa shape index (κ1) is 15.0. The minimum absolute atomic E-state index is 0.297. The molecule has 0 unspecified atom stereocenters. The topological polar surface area (TPSA) is 84.7 Å². The standard InChI is InChI=1S/C15H23N5O2/c1-9(2)8-20-13-11(14(21)19(3)15(20)22)17-12(18-13)10-4-6-16-7-5-10/h9-10,16H,4-8H2,1-3H3,(H,17,18). The van der Waals surface area contributed by atoms with Gasteiger partial charge in [-0.2, -0.15) is 0 Å².